The fraction of sp³-hybridized carbons (Fsp3) is 0.375. The summed E-state index contributed by atoms with van der Waals surface area (Å²) in [6.07, 6.45) is 0.275. The summed E-state index contributed by atoms with van der Waals surface area (Å²) in [5.41, 5.74) is 3.53. The van der Waals surface area contributed by atoms with Crippen LogP contribution in [0.15, 0.2) is 42.5 Å². The molecule has 2 aliphatic rings. The van der Waals surface area contributed by atoms with Crippen LogP contribution in [0, 0.1) is 5.82 Å². The van der Waals surface area contributed by atoms with E-state index in [1.807, 2.05) is 7.05 Å². The van der Waals surface area contributed by atoms with E-state index in [2.05, 4.69) is 15.2 Å². The van der Waals surface area contributed by atoms with Gasteiger partial charge in [-0.2, -0.15) is 12.7 Å². The molecule has 2 aliphatic heterocycles. The summed E-state index contributed by atoms with van der Waals surface area (Å²) < 4.78 is 42.8. The number of hydrogen-bond donors (Lipinski definition) is 3. The molecule has 2 atom stereocenters. The second kappa shape index (κ2) is 8.90. The highest BCUT2D eigenvalue weighted by atomic mass is 32.2. The number of aromatic amines is 1. The Morgan fingerprint density at radius 3 is 2.46 bits per heavy atom. The van der Waals surface area contributed by atoms with Crippen molar-refractivity contribution in [1.29, 1.82) is 0 Å². The molecule has 5 rings (SSSR count). The molecule has 1 fully saturated rings. The summed E-state index contributed by atoms with van der Waals surface area (Å²) in [7, 11) is -0.159. The van der Waals surface area contributed by atoms with Crippen molar-refractivity contribution in [2.45, 2.75) is 18.5 Å². The predicted molar refractivity (Wildman–Crippen MR) is 131 cm³/mol. The van der Waals surface area contributed by atoms with Crippen molar-refractivity contribution in [2.75, 3.05) is 44.6 Å². The summed E-state index contributed by atoms with van der Waals surface area (Å²) in [5, 5.41) is 13.7. The monoisotopic (exact) mass is 501 g/mol. The van der Waals surface area contributed by atoms with Crippen LogP contribution in [0.4, 0.5) is 10.1 Å². The summed E-state index contributed by atoms with van der Waals surface area (Å²) in [5.74, 6) is -1.34. The van der Waals surface area contributed by atoms with E-state index in [4.69, 9.17) is 0 Å². The molecule has 11 heteroatoms. The Morgan fingerprint density at radius 1 is 1.11 bits per heavy atom. The number of carboxylic acids is 1. The smallest absolute Gasteiger partial charge is 0.321 e. The lowest BCUT2D eigenvalue weighted by molar-refractivity contribution is -0.139. The molecule has 3 N–H and O–H groups in total. The van der Waals surface area contributed by atoms with E-state index in [9.17, 15) is 22.7 Å². The average Bonchev–Trinajstić information content (AvgIpc) is 3.20. The van der Waals surface area contributed by atoms with Gasteiger partial charge in [-0.05, 0) is 48.5 Å². The first-order valence-corrected chi connectivity index (χ1v) is 12.9. The number of aromatic nitrogens is 1. The van der Waals surface area contributed by atoms with Crippen molar-refractivity contribution in [3.8, 4) is 0 Å². The normalized spacial score (nSPS) is 21.7. The maximum atomic E-state index is 13.8. The molecule has 186 valence electrons. The number of likely N-dealkylation sites (N-methyl/N-ethyl adjacent to an activating group) is 1. The molecule has 1 saturated heterocycles. The molecular weight excluding hydrogens is 473 g/mol. The van der Waals surface area contributed by atoms with Gasteiger partial charge < -0.3 is 15.0 Å². The van der Waals surface area contributed by atoms with Crippen molar-refractivity contribution in [3.63, 3.8) is 0 Å². The van der Waals surface area contributed by atoms with E-state index >= 15 is 0 Å². The van der Waals surface area contributed by atoms with Gasteiger partial charge in [-0.1, -0.05) is 12.1 Å². The summed E-state index contributed by atoms with van der Waals surface area (Å²) in [4.78, 5) is 17.2. The van der Waals surface area contributed by atoms with E-state index in [1.54, 1.807) is 30.3 Å². The van der Waals surface area contributed by atoms with Gasteiger partial charge in [0.1, 0.15) is 11.9 Å². The van der Waals surface area contributed by atoms with Crippen molar-refractivity contribution >= 4 is 32.8 Å². The first-order chi connectivity index (χ1) is 16.6. The molecular formula is C24H28FN5O4S. The topological polar surface area (TPSA) is 109 Å². The number of nitrogens with zero attached hydrogens (tertiary/aromatic N) is 3. The second-order valence-electron chi connectivity index (χ2n) is 9.17. The first-order valence-electron chi connectivity index (χ1n) is 11.5. The third-order valence-corrected chi connectivity index (χ3v) is 8.91. The minimum Gasteiger partial charge on any atom is -0.480 e. The fourth-order valence-corrected chi connectivity index (χ4v) is 6.25. The van der Waals surface area contributed by atoms with Crippen molar-refractivity contribution < 1.29 is 22.7 Å². The minimum absolute atomic E-state index is 0.275. The fourth-order valence-electron chi connectivity index (χ4n) is 4.89. The molecule has 3 heterocycles. The number of anilines is 1. The lowest BCUT2D eigenvalue weighted by atomic mass is 9.90. The van der Waals surface area contributed by atoms with Crippen LogP contribution in [0.2, 0.25) is 0 Å². The third kappa shape index (κ3) is 4.29. The van der Waals surface area contributed by atoms with E-state index in [1.165, 1.54) is 27.8 Å². The van der Waals surface area contributed by atoms with Crippen LogP contribution < -0.4 is 9.62 Å². The Hall–Kier alpha value is -2.99. The largest absolute Gasteiger partial charge is 0.480 e. The number of halogens is 1. The molecule has 2 aromatic carbocycles. The summed E-state index contributed by atoms with van der Waals surface area (Å²) in [6.45, 7) is 2.24. The van der Waals surface area contributed by atoms with Crippen LogP contribution in [0.25, 0.3) is 10.9 Å². The molecule has 1 aromatic heterocycles. The van der Waals surface area contributed by atoms with Crippen LogP contribution >= 0.6 is 0 Å². The number of fused-ring (bicyclic) bond motifs is 3. The number of piperazine rings is 1. The number of aliphatic carboxylic acids is 1. The Bertz CT molecular complexity index is 1370. The van der Waals surface area contributed by atoms with Gasteiger partial charge in [0, 0.05) is 56.2 Å². The standard InChI is InChI=1S/C24H28FN5O4S/c1-28-9-11-30(12-10-28)35(33,34)29(2)17-6-3-15(4-7-17)22-23-19(14-21(27-22)24(31)32)18-8-5-16(25)13-20(18)26-23/h3-8,13,21-22,26-27H,9-12,14H2,1-2H3,(H,31,32). The molecule has 0 spiro atoms. The van der Waals surface area contributed by atoms with Gasteiger partial charge >= 0.3 is 16.2 Å². The van der Waals surface area contributed by atoms with Crippen LogP contribution in [-0.2, 0) is 21.4 Å². The number of H-pyrrole nitrogens is 1. The lowest BCUT2D eigenvalue weighted by Gasteiger charge is -2.34. The highest BCUT2D eigenvalue weighted by molar-refractivity contribution is 7.90. The van der Waals surface area contributed by atoms with E-state index in [-0.39, 0.29) is 12.2 Å². The van der Waals surface area contributed by atoms with E-state index in [0.29, 0.717) is 37.4 Å². The predicted octanol–water partition coefficient (Wildman–Crippen LogP) is 1.92. The second-order valence-corrected chi connectivity index (χ2v) is 11.1. The highest BCUT2D eigenvalue weighted by Crippen LogP contribution is 2.36. The Kier molecular flexibility index (Phi) is 6.04. The van der Waals surface area contributed by atoms with Crippen LogP contribution in [-0.4, -0.2) is 80.0 Å². The molecule has 0 saturated carbocycles. The Labute approximate surface area is 203 Å². The number of carboxylic acid groups (broad SMARTS) is 1. The van der Waals surface area contributed by atoms with Crippen LogP contribution in [0.5, 0.6) is 0 Å². The van der Waals surface area contributed by atoms with Crippen molar-refractivity contribution in [3.05, 3.63) is 65.1 Å². The Balaban J connectivity index is 1.46. The molecule has 0 radical (unpaired) electrons. The number of rotatable bonds is 5. The zero-order valence-electron chi connectivity index (χ0n) is 19.5. The number of hydrogen-bond acceptors (Lipinski definition) is 5. The maximum absolute atomic E-state index is 13.8. The summed E-state index contributed by atoms with van der Waals surface area (Å²) in [6, 6.07) is 10.2. The van der Waals surface area contributed by atoms with Crippen molar-refractivity contribution in [1.82, 2.24) is 19.5 Å². The van der Waals surface area contributed by atoms with Gasteiger partial charge in [-0.15, -0.1) is 0 Å². The van der Waals surface area contributed by atoms with Gasteiger partial charge in [0.15, 0.2) is 0 Å². The van der Waals surface area contributed by atoms with Gasteiger partial charge in [0.25, 0.3) is 0 Å². The average molecular weight is 502 g/mol. The van der Waals surface area contributed by atoms with Gasteiger partial charge in [-0.25, -0.2) is 4.39 Å². The zero-order valence-corrected chi connectivity index (χ0v) is 20.3. The lowest BCUT2D eigenvalue weighted by Crippen LogP contribution is -2.51. The number of benzene rings is 2. The Morgan fingerprint density at radius 2 is 1.80 bits per heavy atom. The van der Waals surface area contributed by atoms with Gasteiger partial charge in [0.05, 0.1) is 11.7 Å². The maximum Gasteiger partial charge on any atom is 0.321 e. The van der Waals surface area contributed by atoms with Crippen LogP contribution in [0.3, 0.4) is 0 Å². The molecule has 9 nitrogen and oxygen atoms in total. The molecule has 0 amide bonds. The molecule has 0 aliphatic carbocycles. The number of nitrogens with one attached hydrogen (secondary N) is 2. The van der Waals surface area contributed by atoms with Gasteiger partial charge in [-0.3, -0.25) is 14.4 Å². The van der Waals surface area contributed by atoms with E-state index in [0.717, 1.165) is 22.2 Å². The molecule has 0 bridgehead atoms. The summed E-state index contributed by atoms with van der Waals surface area (Å²) >= 11 is 0. The SMILES string of the molecule is CN1CCN(S(=O)(=O)N(C)c2ccc(C3NC(C(=O)O)Cc4c3[nH]c3cc(F)ccc43)cc2)CC1. The molecule has 2 unspecified atom stereocenters. The number of carbonyl (C=O) groups is 1. The molecule has 3 aromatic rings. The minimum atomic E-state index is -3.66. The van der Waals surface area contributed by atoms with Crippen molar-refractivity contribution in [2.24, 2.45) is 0 Å². The quantitative estimate of drug-likeness (QED) is 0.493. The molecule has 35 heavy (non-hydrogen) atoms. The third-order valence-electron chi connectivity index (χ3n) is 6.99. The van der Waals surface area contributed by atoms with E-state index < -0.39 is 28.3 Å². The van der Waals surface area contributed by atoms with Crippen LogP contribution in [0.1, 0.15) is 22.9 Å². The zero-order chi connectivity index (χ0) is 24.9. The highest BCUT2D eigenvalue weighted by Gasteiger charge is 2.34. The first kappa shape index (κ1) is 23.7. The van der Waals surface area contributed by atoms with Gasteiger partial charge in [0.2, 0.25) is 0 Å².